The van der Waals surface area contributed by atoms with Gasteiger partial charge in [0.05, 0.1) is 48.1 Å². The number of aliphatic hydroxyl groups is 2. The summed E-state index contributed by atoms with van der Waals surface area (Å²) in [5.74, 6) is -6.50. The van der Waals surface area contributed by atoms with Crippen molar-refractivity contribution in [1.82, 2.24) is 0 Å². The van der Waals surface area contributed by atoms with Crippen LogP contribution in [0.1, 0.15) is 86.1 Å². The second-order valence-corrected chi connectivity index (χ2v) is 16.3. The molecular weight excluding hydrogens is 668 g/mol. The first-order chi connectivity index (χ1) is 23.9. The van der Waals surface area contributed by atoms with Crippen LogP contribution in [0.3, 0.4) is 0 Å². The number of rotatable bonds is 7. The maximum absolute atomic E-state index is 15.5. The summed E-state index contributed by atoms with van der Waals surface area (Å²) < 4.78 is 42.2. The van der Waals surface area contributed by atoms with Gasteiger partial charge in [-0.1, -0.05) is 27.7 Å². The fourth-order valence-electron chi connectivity index (χ4n) is 11.9. The Hall–Kier alpha value is -3.33. The lowest BCUT2D eigenvalue weighted by molar-refractivity contribution is -0.391. The zero-order valence-electron chi connectivity index (χ0n) is 30.2. The van der Waals surface area contributed by atoms with Crippen molar-refractivity contribution in [2.45, 2.75) is 129 Å². The van der Waals surface area contributed by atoms with E-state index in [4.69, 9.17) is 32.8 Å². The van der Waals surface area contributed by atoms with Crippen molar-refractivity contribution < 1.29 is 67.0 Å². The van der Waals surface area contributed by atoms with E-state index in [0.29, 0.717) is 12.8 Å². The molecule has 1 spiro atoms. The van der Waals surface area contributed by atoms with Crippen LogP contribution in [-0.2, 0) is 52.4 Å². The zero-order valence-corrected chi connectivity index (χ0v) is 30.2. The smallest absolute Gasteiger partial charge is 0.310 e. The van der Waals surface area contributed by atoms with Gasteiger partial charge in [0.2, 0.25) is 6.29 Å². The van der Waals surface area contributed by atoms with Gasteiger partial charge >= 0.3 is 23.9 Å². The van der Waals surface area contributed by atoms with Gasteiger partial charge in [-0.3, -0.25) is 24.0 Å². The summed E-state index contributed by atoms with van der Waals surface area (Å²) in [6.07, 6.45) is -5.17. The number of furan rings is 1. The molecule has 7 rings (SSSR count). The fraction of sp³-hybridized carbons (Fsp3) is 0.757. The molecular formula is C37H48O14. The molecule has 3 heterocycles. The summed E-state index contributed by atoms with van der Waals surface area (Å²) in [5, 5.41) is 25.3. The average molecular weight is 717 g/mol. The highest BCUT2D eigenvalue weighted by Crippen LogP contribution is 2.83. The fourth-order valence-corrected chi connectivity index (χ4v) is 11.9. The normalized spacial score (nSPS) is 48.2. The van der Waals surface area contributed by atoms with Gasteiger partial charge < -0.3 is 43.1 Å². The lowest BCUT2D eigenvalue weighted by Crippen LogP contribution is -2.84. The van der Waals surface area contributed by atoms with Crippen molar-refractivity contribution in [2.24, 2.45) is 39.4 Å². The average Bonchev–Trinajstić information content (AvgIpc) is 3.42. The highest BCUT2D eigenvalue weighted by molar-refractivity contribution is 5.93. The Morgan fingerprint density at radius 1 is 0.961 bits per heavy atom. The van der Waals surface area contributed by atoms with Gasteiger partial charge in [0.15, 0.2) is 24.1 Å². The second-order valence-electron chi connectivity index (χ2n) is 16.3. The first-order valence-electron chi connectivity index (χ1n) is 17.8. The zero-order chi connectivity index (χ0) is 37.2. The van der Waals surface area contributed by atoms with E-state index in [1.54, 1.807) is 33.1 Å². The summed E-state index contributed by atoms with van der Waals surface area (Å²) in [6.45, 7) is 11.9. The van der Waals surface area contributed by atoms with Crippen LogP contribution in [0.25, 0.3) is 0 Å². The van der Waals surface area contributed by atoms with Crippen LogP contribution in [0, 0.1) is 39.4 Å². The molecule has 14 heteroatoms. The van der Waals surface area contributed by atoms with Crippen LogP contribution in [0.15, 0.2) is 23.0 Å². The number of carbonyl (C=O) groups is 5. The van der Waals surface area contributed by atoms with Gasteiger partial charge in [-0.15, -0.1) is 0 Å². The van der Waals surface area contributed by atoms with E-state index in [-0.39, 0.29) is 18.9 Å². The molecule has 4 aliphatic carbocycles. The van der Waals surface area contributed by atoms with E-state index in [1.807, 2.05) is 13.8 Å². The number of hydrogen-bond acceptors (Lipinski definition) is 14. The van der Waals surface area contributed by atoms with Gasteiger partial charge in [-0.2, -0.15) is 0 Å². The van der Waals surface area contributed by atoms with Gasteiger partial charge in [0, 0.05) is 43.4 Å². The van der Waals surface area contributed by atoms with Gasteiger partial charge in [0.25, 0.3) is 0 Å². The van der Waals surface area contributed by atoms with Crippen LogP contribution in [0.4, 0.5) is 0 Å². The molecule has 2 N–H and O–H groups in total. The Bertz CT molecular complexity index is 1640. The molecule has 0 aromatic carbocycles. The molecule has 2 aliphatic heterocycles. The number of esters is 4. The van der Waals surface area contributed by atoms with Gasteiger partial charge in [-0.05, 0) is 43.7 Å². The molecule has 2 saturated heterocycles. The number of aliphatic hydroxyl groups excluding tert-OH is 2. The third-order valence-corrected chi connectivity index (χ3v) is 14.1. The largest absolute Gasteiger partial charge is 0.472 e. The van der Waals surface area contributed by atoms with E-state index >= 15 is 4.79 Å². The standard InChI is InChI=1S/C37H48O14/c1-9-16(2)31(44)50-32-33(6)22-13-23(41)35(8)27(36(22,15-46-32)28(43)26(47-17(3)38)30(33)49-19(5)40)25(42)29(48-18(4)39)34(7)21(20-10-11-45-14-20)12-24-37(34,35)51-24/h10-11,14,16,21-24,26-30,32,41,43H,9,12-13,15H2,1-8H3/t16?,21-,22-,23+,24+,26+,27-,28-,29-,30+,32-,33+,34+,35+,36-,37+/m0/s1. The minimum absolute atomic E-state index is 0.0539. The molecule has 0 radical (unpaired) electrons. The summed E-state index contributed by atoms with van der Waals surface area (Å²) in [5.41, 5.74) is -6.23. The quantitative estimate of drug-likeness (QED) is 0.237. The number of Topliss-reactive ketones (excluding diaryl/α,β-unsaturated/α-hetero) is 1. The molecule has 4 saturated carbocycles. The van der Waals surface area contributed by atoms with Crippen LogP contribution in [0.2, 0.25) is 0 Å². The second kappa shape index (κ2) is 11.6. The van der Waals surface area contributed by atoms with Crippen molar-refractivity contribution in [2.75, 3.05) is 6.61 Å². The Balaban J connectivity index is 1.45. The molecule has 6 fully saturated rings. The molecule has 6 aliphatic rings. The van der Waals surface area contributed by atoms with Gasteiger partial charge in [-0.25, -0.2) is 0 Å². The van der Waals surface area contributed by atoms with Crippen molar-refractivity contribution in [3.8, 4) is 0 Å². The van der Waals surface area contributed by atoms with Gasteiger partial charge in [0.1, 0.15) is 11.7 Å². The molecule has 51 heavy (non-hydrogen) atoms. The maximum atomic E-state index is 15.5. The number of hydrogen-bond donors (Lipinski definition) is 2. The predicted molar refractivity (Wildman–Crippen MR) is 171 cm³/mol. The Morgan fingerprint density at radius 3 is 2.22 bits per heavy atom. The Kier molecular flexibility index (Phi) is 8.19. The molecule has 1 unspecified atom stereocenters. The van der Waals surface area contributed by atoms with E-state index in [1.165, 1.54) is 13.2 Å². The summed E-state index contributed by atoms with van der Waals surface area (Å²) in [6, 6.07) is 1.80. The minimum Gasteiger partial charge on any atom is -0.472 e. The van der Waals surface area contributed by atoms with E-state index in [0.717, 1.165) is 19.4 Å². The summed E-state index contributed by atoms with van der Waals surface area (Å²) >= 11 is 0. The number of ether oxygens (including phenoxy) is 6. The molecule has 1 aromatic rings. The maximum Gasteiger partial charge on any atom is 0.310 e. The SMILES string of the molecule is CCC(C)C(=O)O[C@@H]1OC[C@@]23[C@H]4C(=O)[C@H](OC(C)=O)[C@@]5(C)[C@H](c6ccoc6)C[C@H]6O[C@]65[C@]4(C)[C@H](O)C[C@H]2[C@]1(C)[C@H](OC(C)=O)[C@H](OC(C)=O)[C@@H]3O. The van der Waals surface area contributed by atoms with Crippen molar-refractivity contribution in [3.05, 3.63) is 24.2 Å². The lowest BCUT2D eigenvalue weighted by Gasteiger charge is -2.73. The molecule has 2 bridgehead atoms. The first-order valence-corrected chi connectivity index (χ1v) is 17.8. The molecule has 16 atom stereocenters. The minimum atomic E-state index is -1.70. The van der Waals surface area contributed by atoms with E-state index in [2.05, 4.69) is 0 Å². The lowest BCUT2D eigenvalue weighted by atomic mass is 9.33. The number of carbonyl (C=O) groups excluding carboxylic acids is 5. The van der Waals surface area contributed by atoms with Crippen molar-refractivity contribution >= 4 is 29.7 Å². The topological polar surface area (TPSA) is 198 Å². The van der Waals surface area contributed by atoms with E-state index in [9.17, 15) is 29.4 Å². The molecule has 0 amide bonds. The van der Waals surface area contributed by atoms with Crippen molar-refractivity contribution in [1.29, 1.82) is 0 Å². The van der Waals surface area contributed by atoms with Crippen molar-refractivity contribution in [3.63, 3.8) is 0 Å². The number of ketones is 1. The predicted octanol–water partition coefficient (Wildman–Crippen LogP) is 2.60. The van der Waals surface area contributed by atoms with Crippen LogP contribution in [0.5, 0.6) is 0 Å². The van der Waals surface area contributed by atoms with Crippen LogP contribution >= 0.6 is 0 Å². The highest BCUT2D eigenvalue weighted by Gasteiger charge is 2.93. The third kappa shape index (κ3) is 4.33. The number of fused-ring (bicyclic) bond motifs is 1. The van der Waals surface area contributed by atoms with Crippen LogP contribution in [-0.4, -0.2) is 95.0 Å². The van der Waals surface area contributed by atoms with Crippen LogP contribution < -0.4 is 0 Å². The summed E-state index contributed by atoms with van der Waals surface area (Å²) in [4.78, 5) is 67.1. The molecule has 14 nitrogen and oxygen atoms in total. The third-order valence-electron chi connectivity index (χ3n) is 14.1. The first kappa shape index (κ1) is 36.0. The molecule has 1 aromatic heterocycles. The number of epoxide rings is 1. The Labute approximate surface area is 295 Å². The monoisotopic (exact) mass is 716 g/mol. The molecule has 280 valence electrons. The van der Waals surface area contributed by atoms with E-state index < -0.39 is 118 Å². The summed E-state index contributed by atoms with van der Waals surface area (Å²) in [7, 11) is 0. The highest BCUT2D eigenvalue weighted by atomic mass is 16.7. The Morgan fingerprint density at radius 2 is 1.63 bits per heavy atom.